The second-order valence-electron chi connectivity index (χ2n) is 11.2. The van der Waals surface area contributed by atoms with Crippen LogP contribution in [0.4, 0.5) is 13.2 Å². The van der Waals surface area contributed by atoms with Crippen molar-refractivity contribution in [3.05, 3.63) is 82.9 Å². The topological polar surface area (TPSA) is 79.7 Å². The molecule has 7 nitrogen and oxygen atoms in total. The van der Waals surface area contributed by atoms with Crippen LogP contribution < -0.4 is 5.46 Å². The van der Waals surface area contributed by atoms with Gasteiger partial charge in [0.25, 0.3) is 5.91 Å². The Morgan fingerprint density at radius 1 is 0.976 bits per heavy atom. The van der Waals surface area contributed by atoms with Crippen molar-refractivity contribution in [1.29, 1.82) is 0 Å². The number of carbonyl (C=O) groups excluding carboxylic acids is 2. The number of aryl methyl sites for hydroxylation is 1. The number of rotatable bonds is 5. The average molecular weight is 578 g/mol. The van der Waals surface area contributed by atoms with Crippen molar-refractivity contribution in [3.63, 3.8) is 0 Å². The largest absolute Gasteiger partial charge is 0.494 e. The highest BCUT2D eigenvalue weighted by Crippen LogP contribution is 2.38. The van der Waals surface area contributed by atoms with Crippen LogP contribution in [0.1, 0.15) is 66.5 Å². The van der Waals surface area contributed by atoms with Crippen molar-refractivity contribution in [2.75, 3.05) is 7.11 Å². The lowest BCUT2D eigenvalue weighted by Gasteiger charge is -2.32. The SMILES string of the molecule is CCc1cccc(C(F)(F)F)c1C(=O)n1nc(-c2ccc(C(=O)OC)cc2)c2ccc(B3OC(C)(C)C(C)(C)O3)cc21. The molecule has 0 saturated carbocycles. The summed E-state index contributed by atoms with van der Waals surface area (Å²) in [5.41, 5.74) is -0.373. The Morgan fingerprint density at radius 2 is 1.62 bits per heavy atom. The van der Waals surface area contributed by atoms with E-state index in [1.54, 1.807) is 49.4 Å². The molecule has 3 aromatic carbocycles. The fourth-order valence-electron chi connectivity index (χ4n) is 5.00. The molecule has 1 fully saturated rings. The Morgan fingerprint density at radius 3 is 2.19 bits per heavy atom. The van der Waals surface area contributed by atoms with Gasteiger partial charge in [-0.15, -0.1) is 0 Å². The van der Waals surface area contributed by atoms with Gasteiger partial charge in [-0.05, 0) is 69.4 Å². The number of halogens is 3. The summed E-state index contributed by atoms with van der Waals surface area (Å²) in [4.78, 5) is 26.0. The Hall–Kier alpha value is -3.96. The molecule has 0 unspecified atom stereocenters. The van der Waals surface area contributed by atoms with Gasteiger partial charge in [-0.3, -0.25) is 4.79 Å². The molecule has 0 radical (unpaired) electrons. The number of ether oxygens (including phenoxy) is 1. The van der Waals surface area contributed by atoms with E-state index in [-0.39, 0.29) is 12.0 Å². The van der Waals surface area contributed by atoms with E-state index >= 15 is 0 Å². The minimum atomic E-state index is -4.75. The molecule has 0 atom stereocenters. The van der Waals surface area contributed by atoms with E-state index < -0.39 is 47.5 Å². The number of nitrogens with zero attached hydrogens (tertiary/aromatic N) is 2. The molecule has 1 saturated heterocycles. The molecule has 1 aliphatic rings. The minimum Gasteiger partial charge on any atom is -0.465 e. The van der Waals surface area contributed by atoms with Gasteiger partial charge >= 0.3 is 19.3 Å². The van der Waals surface area contributed by atoms with Crippen LogP contribution in [0, 0.1) is 0 Å². The Kier molecular flexibility index (Phi) is 7.31. The monoisotopic (exact) mass is 578 g/mol. The maximum Gasteiger partial charge on any atom is 0.494 e. The van der Waals surface area contributed by atoms with E-state index in [4.69, 9.17) is 14.0 Å². The van der Waals surface area contributed by atoms with Gasteiger partial charge in [0.1, 0.15) is 5.69 Å². The molecule has 0 aliphatic carbocycles. The molecule has 1 aliphatic heterocycles. The molecule has 0 amide bonds. The summed E-state index contributed by atoms with van der Waals surface area (Å²) in [6.45, 7) is 9.34. The van der Waals surface area contributed by atoms with Crippen molar-refractivity contribution < 1.29 is 36.8 Å². The average Bonchev–Trinajstić information content (AvgIpc) is 3.44. The zero-order valence-electron chi connectivity index (χ0n) is 24.1. The van der Waals surface area contributed by atoms with Crippen LogP contribution in [0.25, 0.3) is 22.2 Å². The van der Waals surface area contributed by atoms with Crippen LogP contribution >= 0.6 is 0 Å². The van der Waals surface area contributed by atoms with E-state index in [1.165, 1.54) is 19.2 Å². The Bertz CT molecular complexity index is 1680. The molecule has 5 rings (SSSR count). The molecule has 218 valence electrons. The van der Waals surface area contributed by atoms with E-state index in [0.29, 0.717) is 33.2 Å². The van der Waals surface area contributed by atoms with Gasteiger partial charge in [-0.1, -0.05) is 43.3 Å². The first-order valence-corrected chi connectivity index (χ1v) is 13.5. The summed E-state index contributed by atoms with van der Waals surface area (Å²) < 4.78 is 60.5. The van der Waals surface area contributed by atoms with Gasteiger partial charge in [0.2, 0.25) is 0 Å². The number of fused-ring (bicyclic) bond motifs is 1. The number of carbonyl (C=O) groups is 2. The van der Waals surface area contributed by atoms with Gasteiger partial charge in [0.15, 0.2) is 0 Å². The van der Waals surface area contributed by atoms with Crippen LogP contribution in [-0.4, -0.2) is 47.1 Å². The predicted molar refractivity (Wildman–Crippen MR) is 153 cm³/mol. The van der Waals surface area contributed by atoms with Gasteiger partial charge in [0, 0.05) is 10.9 Å². The zero-order valence-corrected chi connectivity index (χ0v) is 24.1. The minimum absolute atomic E-state index is 0.214. The van der Waals surface area contributed by atoms with Crippen molar-refractivity contribution in [3.8, 4) is 11.3 Å². The lowest BCUT2D eigenvalue weighted by molar-refractivity contribution is -0.138. The number of hydrogen-bond donors (Lipinski definition) is 0. The second kappa shape index (κ2) is 10.4. The van der Waals surface area contributed by atoms with Crippen molar-refractivity contribution in [1.82, 2.24) is 9.78 Å². The first kappa shape index (κ1) is 29.5. The summed E-state index contributed by atoms with van der Waals surface area (Å²) >= 11 is 0. The van der Waals surface area contributed by atoms with Crippen molar-refractivity contribution in [2.24, 2.45) is 0 Å². The molecule has 1 aromatic heterocycles. The quantitative estimate of drug-likeness (QED) is 0.212. The molecular weight excluding hydrogens is 548 g/mol. The van der Waals surface area contributed by atoms with E-state index in [1.807, 2.05) is 27.7 Å². The Labute approximate surface area is 241 Å². The van der Waals surface area contributed by atoms with Gasteiger partial charge in [0.05, 0.1) is 40.5 Å². The molecule has 0 bridgehead atoms. The normalized spacial score (nSPS) is 16.2. The molecule has 11 heteroatoms. The third kappa shape index (κ3) is 5.01. The van der Waals surface area contributed by atoms with E-state index in [2.05, 4.69) is 5.10 Å². The highest BCUT2D eigenvalue weighted by Gasteiger charge is 2.51. The first-order chi connectivity index (χ1) is 19.7. The molecule has 42 heavy (non-hydrogen) atoms. The molecular formula is C31H30BF3N2O5. The van der Waals surface area contributed by atoms with Crippen LogP contribution in [-0.2, 0) is 26.6 Å². The van der Waals surface area contributed by atoms with Crippen LogP contribution in [0.15, 0.2) is 60.7 Å². The lowest BCUT2D eigenvalue weighted by Crippen LogP contribution is -2.41. The maximum absolute atomic E-state index is 14.1. The number of methoxy groups -OCH3 is 1. The zero-order chi connectivity index (χ0) is 30.6. The molecule has 0 spiro atoms. The lowest BCUT2D eigenvalue weighted by atomic mass is 9.78. The van der Waals surface area contributed by atoms with Crippen LogP contribution in [0.3, 0.4) is 0 Å². The number of benzene rings is 3. The van der Waals surface area contributed by atoms with Crippen molar-refractivity contribution in [2.45, 2.75) is 58.4 Å². The Balaban J connectivity index is 1.72. The highest BCUT2D eigenvalue weighted by atomic mass is 19.4. The van der Waals surface area contributed by atoms with Crippen LogP contribution in [0.2, 0.25) is 0 Å². The van der Waals surface area contributed by atoms with E-state index in [9.17, 15) is 22.8 Å². The highest BCUT2D eigenvalue weighted by molar-refractivity contribution is 6.62. The number of hydrogen-bond acceptors (Lipinski definition) is 6. The molecule has 0 N–H and O–H groups in total. The third-order valence-electron chi connectivity index (χ3n) is 8.05. The summed E-state index contributed by atoms with van der Waals surface area (Å²) in [5, 5.41) is 5.08. The number of alkyl halides is 3. The summed E-state index contributed by atoms with van der Waals surface area (Å²) in [6.07, 6.45) is -4.54. The summed E-state index contributed by atoms with van der Waals surface area (Å²) in [7, 11) is 0.507. The predicted octanol–water partition coefficient (Wildman–Crippen LogP) is 6.06. The van der Waals surface area contributed by atoms with E-state index in [0.717, 1.165) is 10.7 Å². The standard InChI is InChI=1S/C31H30BF3N2O5/c1-7-18-9-8-10-23(31(33,34)35)25(18)27(38)37-24-17-21(32-41-29(2,3)30(4,5)42-32)15-16-22(24)26(36-37)19-11-13-20(14-12-19)28(39)40-6/h8-17H,7H2,1-6H3. The van der Waals surface area contributed by atoms with Gasteiger partial charge in [-0.25, -0.2) is 4.79 Å². The number of esters is 1. The second-order valence-corrected chi connectivity index (χ2v) is 11.2. The smallest absolute Gasteiger partial charge is 0.465 e. The fourth-order valence-corrected chi connectivity index (χ4v) is 5.00. The molecule has 2 heterocycles. The van der Waals surface area contributed by atoms with Gasteiger partial charge in [-0.2, -0.15) is 23.0 Å². The van der Waals surface area contributed by atoms with Crippen LogP contribution in [0.5, 0.6) is 0 Å². The fraction of sp³-hybridized carbons (Fsp3) is 0.323. The van der Waals surface area contributed by atoms with Crippen molar-refractivity contribution >= 4 is 35.4 Å². The third-order valence-corrected chi connectivity index (χ3v) is 8.05. The molecule has 4 aromatic rings. The number of aromatic nitrogens is 2. The summed E-state index contributed by atoms with van der Waals surface area (Å²) in [6, 6.07) is 15.3. The van der Waals surface area contributed by atoms with Gasteiger partial charge < -0.3 is 14.0 Å². The maximum atomic E-state index is 14.1. The first-order valence-electron chi connectivity index (χ1n) is 13.5. The summed E-state index contributed by atoms with van der Waals surface area (Å²) in [5.74, 6) is -1.43.